The normalized spacial score (nSPS) is 21.1. The fraction of sp³-hybridized carbons (Fsp3) is 0.556. The van der Waals surface area contributed by atoms with Crippen LogP contribution in [0.2, 0.25) is 0 Å². The third kappa shape index (κ3) is 3.97. The monoisotopic (exact) mass is 381 g/mol. The molecule has 0 bridgehead atoms. The van der Waals surface area contributed by atoms with Crippen LogP contribution in [0.25, 0.3) is 0 Å². The fourth-order valence-corrected chi connectivity index (χ4v) is 3.48. The molecule has 0 aliphatic carbocycles. The van der Waals surface area contributed by atoms with Gasteiger partial charge >= 0.3 is 6.09 Å². The van der Waals surface area contributed by atoms with E-state index in [4.69, 9.17) is 10.5 Å². The van der Waals surface area contributed by atoms with E-state index in [9.17, 15) is 13.6 Å². The summed E-state index contributed by atoms with van der Waals surface area (Å²) < 4.78 is 34.8. The van der Waals surface area contributed by atoms with Crippen LogP contribution in [0.15, 0.2) is 35.3 Å². The number of hydrogen-bond acceptors (Lipinski definition) is 4. The summed E-state index contributed by atoms with van der Waals surface area (Å²) in [4.78, 5) is 19.0. The van der Waals surface area contributed by atoms with Gasteiger partial charge in [0.2, 0.25) is 0 Å². The van der Waals surface area contributed by atoms with E-state index in [0.29, 0.717) is 6.67 Å². The lowest BCUT2D eigenvalue weighted by Crippen LogP contribution is -2.72. The van der Waals surface area contributed by atoms with Crippen LogP contribution >= 0.6 is 0 Å². The highest BCUT2D eigenvalue weighted by molar-refractivity contribution is 5.79. The molecule has 148 valence electrons. The number of halogens is 2. The van der Waals surface area contributed by atoms with Crippen LogP contribution in [0.3, 0.4) is 0 Å². The van der Waals surface area contributed by atoms with Gasteiger partial charge in [0.25, 0.3) is 5.92 Å². The molecule has 2 aliphatic rings. The maximum absolute atomic E-state index is 14.8. The molecular formula is C18H25F2N5O2. The Balaban J connectivity index is 1.54. The molecule has 0 unspecified atom stereocenters. The second kappa shape index (κ2) is 7.67. The lowest BCUT2D eigenvalue weighted by Gasteiger charge is -2.57. The van der Waals surface area contributed by atoms with Crippen molar-refractivity contribution in [2.45, 2.75) is 19.0 Å². The Hall–Kier alpha value is -2.42. The van der Waals surface area contributed by atoms with Crippen molar-refractivity contribution in [1.82, 2.24) is 15.1 Å². The molecule has 1 spiro atoms. The van der Waals surface area contributed by atoms with Crippen molar-refractivity contribution in [3.63, 3.8) is 0 Å². The van der Waals surface area contributed by atoms with E-state index in [1.165, 1.54) is 0 Å². The van der Waals surface area contributed by atoms with E-state index in [1.54, 1.807) is 11.9 Å². The van der Waals surface area contributed by atoms with Gasteiger partial charge in [0, 0.05) is 19.6 Å². The molecule has 0 radical (unpaired) electrons. The standard InChI is InChI=1S/C18H25F2N5O2/c1-22-13-23-15(21)25-10-17(11-25)7-8-24(12-18(17,19)20)16(26)27-9-14-5-3-2-4-6-14/h2-6,22H,7-13H2,1H3,(H2,21,23). The average Bonchev–Trinajstić information content (AvgIpc) is 2.62. The van der Waals surface area contributed by atoms with Crippen LogP contribution in [-0.4, -0.2) is 67.7 Å². The summed E-state index contributed by atoms with van der Waals surface area (Å²) in [6, 6.07) is 9.14. The van der Waals surface area contributed by atoms with Crippen molar-refractivity contribution in [2.24, 2.45) is 16.1 Å². The Bertz CT molecular complexity index is 692. The van der Waals surface area contributed by atoms with Gasteiger partial charge in [0.05, 0.1) is 18.6 Å². The molecule has 0 saturated carbocycles. The van der Waals surface area contributed by atoms with E-state index >= 15 is 0 Å². The number of benzene rings is 1. The van der Waals surface area contributed by atoms with E-state index in [-0.39, 0.29) is 38.6 Å². The third-order valence-corrected chi connectivity index (χ3v) is 5.20. The molecule has 0 atom stereocenters. The summed E-state index contributed by atoms with van der Waals surface area (Å²) in [7, 11) is 1.73. The molecule has 1 amide bonds. The van der Waals surface area contributed by atoms with Crippen molar-refractivity contribution in [2.75, 3.05) is 39.9 Å². The lowest BCUT2D eigenvalue weighted by molar-refractivity contribution is -0.207. The summed E-state index contributed by atoms with van der Waals surface area (Å²) in [6.07, 6.45) is -0.504. The topological polar surface area (TPSA) is 83.2 Å². The second-order valence-corrected chi connectivity index (χ2v) is 7.08. The number of alkyl halides is 2. The zero-order valence-corrected chi connectivity index (χ0v) is 15.3. The number of aliphatic imine (C=N–C) groups is 1. The van der Waals surface area contributed by atoms with Gasteiger partial charge in [-0.2, -0.15) is 0 Å². The molecule has 0 aromatic heterocycles. The first-order valence-corrected chi connectivity index (χ1v) is 8.90. The number of likely N-dealkylation sites (tertiary alicyclic amines) is 2. The number of hydrogen-bond donors (Lipinski definition) is 2. The Morgan fingerprint density at radius 1 is 1.26 bits per heavy atom. The summed E-state index contributed by atoms with van der Waals surface area (Å²) in [5.41, 5.74) is 5.47. The number of guanidine groups is 1. The average molecular weight is 381 g/mol. The van der Waals surface area contributed by atoms with Crippen LogP contribution in [0.4, 0.5) is 13.6 Å². The third-order valence-electron chi connectivity index (χ3n) is 5.20. The maximum atomic E-state index is 14.8. The molecule has 3 rings (SSSR count). The predicted octanol–water partition coefficient (Wildman–Crippen LogP) is 1.46. The van der Waals surface area contributed by atoms with Gasteiger partial charge in [-0.25, -0.2) is 18.6 Å². The number of nitrogens with two attached hydrogens (primary N) is 1. The van der Waals surface area contributed by atoms with Crippen molar-refractivity contribution < 1.29 is 18.3 Å². The number of piperidine rings is 1. The smallest absolute Gasteiger partial charge is 0.410 e. The van der Waals surface area contributed by atoms with Gasteiger partial charge < -0.3 is 25.6 Å². The number of nitrogens with one attached hydrogen (secondary N) is 1. The molecule has 9 heteroatoms. The molecule has 1 aromatic rings. The molecule has 2 heterocycles. The van der Waals surface area contributed by atoms with Crippen LogP contribution in [0.1, 0.15) is 12.0 Å². The van der Waals surface area contributed by atoms with Crippen LogP contribution < -0.4 is 11.1 Å². The SMILES string of the molecule is CNCN=C(N)N1CC2(CCN(C(=O)OCc3ccccc3)CC2(F)F)C1. The number of carbonyl (C=O) groups excluding carboxylic acids is 1. The minimum Gasteiger partial charge on any atom is -0.445 e. The number of rotatable bonds is 4. The zero-order valence-electron chi connectivity index (χ0n) is 15.3. The maximum Gasteiger partial charge on any atom is 0.410 e. The van der Waals surface area contributed by atoms with Gasteiger partial charge in [0.15, 0.2) is 5.96 Å². The number of ether oxygens (including phenoxy) is 1. The van der Waals surface area contributed by atoms with Gasteiger partial charge in [-0.3, -0.25) is 0 Å². The first kappa shape index (κ1) is 19.3. The van der Waals surface area contributed by atoms with Crippen LogP contribution in [-0.2, 0) is 11.3 Å². The molecule has 3 N–H and O–H groups in total. The molecule has 1 aromatic carbocycles. The molecule has 27 heavy (non-hydrogen) atoms. The summed E-state index contributed by atoms with van der Waals surface area (Å²) in [6.45, 7) is 0.302. The highest BCUT2D eigenvalue weighted by Crippen LogP contribution is 2.50. The van der Waals surface area contributed by atoms with E-state index in [1.807, 2.05) is 30.3 Å². The minimum absolute atomic E-state index is 0.0686. The van der Waals surface area contributed by atoms with Crippen molar-refractivity contribution in [3.8, 4) is 0 Å². The molecule has 7 nitrogen and oxygen atoms in total. The van der Waals surface area contributed by atoms with Gasteiger partial charge in [0.1, 0.15) is 6.61 Å². The Kier molecular flexibility index (Phi) is 5.50. The summed E-state index contributed by atoms with van der Waals surface area (Å²) >= 11 is 0. The van der Waals surface area contributed by atoms with Gasteiger partial charge in [-0.1, -0.05) is 30.3 Å². The predicted molar refractivity (Wildman–Crippen MR) is 97.3 cm³/mol. The highest BCUT2D eigenvalue weighted by atomic mass is 19.3. The quantitative estimate of drug-likeness (QED) is 0.609. The van der Waals surface area contributed by atoms with Crippen molar-refractivity contribution in [1.29, 1.82) is 0 Å². The fourth-order valence-electron chi connectivity index (χ4n) is 3.48. The number of amides is 1. The Morgan fingerprint density at radius 2 is 1.96 bits per heavy atom. The van der Waals surface area contributed by atoms with Crippen LogP contribution in [0.5, 0.6) is 0 Å². The molecule has 2 saturated heterocycles. The van der Waals surface area contributed by atoms with E-state index in [2.05, 4.69) is 10.3 Å². The minimum atomic E-state index is -3.00. The van der Waals surface area contributed by atoms with Crippen molar-refractivity contribution in [3.05, 3.63) is 35.9 Å². The molecular weight excluding hydrogens is 356 g/mol. The van der Waals surface area contributed by atoms with E-state index < -0.39 is 24.0 Å². The van der Waals surface area contributed by atoms with Crippen molar-refractivity contribution >= 4 is 12.1 Å². The Labute approximate surface area is 157 Å². The van der Waals surface area contributed by atoms with E-state index in [0.717, 1.165) is 10.5 Å². The Morgan fingerprint density at radius 3 is 2.59 bits per heavy atom. The van der Waals surface area contributed by atoms with Gasteiger partial charge in [-0.05, 0) is 19.0 Å². The second-order valence-electron chi connectivity index (χ2n) is 7.08. The number of carbonyl (C=O) groups is 1. The first-order chi connectivity index (χ1) is 12.9. The summed E-state index contributed by atoms with van der Waals surface area (Å²) in [5, 5.41) is 2.83. The first-order valence-electron chi connectivity index (χ1n) is 8.90. The van der Waals surface area contributed by atoms with Crippen LogP contribution in [0, 0.1) is 5.41 Å². The molecule has 2 aliphatic heterocycles. The molecule has 2 fully saturated rings. The summed E-state index contributed by atoms with van der Waals surface area (Å²) in [5.74, 6) is -2.74. The zero-order chi connectivity index (χ0) is 19.5. The highest BCUT2D eigenvalue weighted by Gasteiger charge is 2.63. The number of nitrogens with zero attached hydrogens (tertiary/aromatic N) is 3. The van der Waals surface area contributed by atoms with Gasteiger partial charge in [-0.15, -0.1) is 0 Å². The largest absolute Gasteiger partial charge is 0.445 e. The lowest BCUT2D eigenvalue weighted by atomic mass is 9.69.